The maximum absolute atomic E-state index is 13.1. The number of tetrazole rings is 1. The van der Waals surface area contributed by atoms with Crippen molar-refractivity contribution in [2.75, 3.05) is 5.32 Å². The van der Waals surface area contributed by atoms with E-state index in [1.165, 1.54) is 6.42 Å². The quantitative estimate of drug-likeness (QED) is 0.854. The van der Waals surface area contributed by atoms with E-state index in [9.17, 15) is 4.79 Å². The maximum Gasteiger partial charge on any atom is 0.338 e. The van der Waals surface area contributed by atoms with Gasteiger partial charge in [0.2, 0.25) is 5.95 Å². The van der Waals surface area contributed by atoms with Crippen molar-refractivity contribution in [1.29, 1.82) is 0 Å². The summed E-state index contributed by atoms with van der Waals surface area (Å²) < 4.78 is 7.50. The average molecular weight is 353 g/mol. The van der Waals surface area contributed by atoms with Gasteiger partial charge < -0.3 is 10.1 Å². The van der Waals surface area contributed by atoms with Gasteiger partial charge in [0.15, 0.2) is 0 Å². The third-order valence-electron chi connectivity index (χ3n) is 5.15. The number of nitrogens with zero attached hydrogens (tertiary/aromatic N) is 4. The summed E-state index contributed by atoms with van der Waals surface area (Å²) in [5.41, 5.74) is 3.42. The van der Waals surface area contributed by atoms with Gasteiger partial charge in [0.25, 0.3) is 0 Å². The van der Waals surface area contributed by atoms with Crippen LogP contribution in [0.1, 0.15) is 56.2 Å². The highest BCUT2D eigenvalue weighted by Crippen LogP contribution is 2.35. The number of aromatic nitrogens is 4. The van der Waals surface area contributed by atoms with Gasteiger partial charge in [-0.25, -0.2) is 4.79 Å². The minimum absolute atomic E-state index is 0.00508. The molecule has 136 valence electrons. The molecule has 1 aromatic heterocycles. The Hall–Kier alpha value is -2.70. The first-order valence-corrected chi connectivity index (χ1v) is 9.16. The molecule has 7 heteroatoms. The Bertz CT molecular complexity index is 834. The number of rotatable bonds is 3. The smallest absolute Gasteiger partial charge is 0.338 e. The van der Waals surface area contributed by atoms with Gasteiger partial charge in [0.1, 0.15) is 12.1 Å². The van der Waals surface area contributed by atoms with Crippen molar-refractivity contribution in [1.82, 2.24) is 20.2 Å². The van der Waals surface area contributed by atoms with Crippen LogP contribution in [0.2, 0.25) is 0 Å². The zero-order valence-corrected chi connectivity index (χ0v) is 15.1. The molecule has 0 bridgehead atoms. The number of esters is 1. The van der Waals surface area contributed by atoms with Crippen LogP contribution in [-0.2, 0) is 9.53 Å². The molecule has 1 aliphatic heterocycles. The monoisotopic (exact) mass is 353 g/mol. The third kappa shape index (κ3) is 3.09. The highest BCUT2D eigenvalue weighted by Gasteiger charge is 2.35. The van der Waals surface area contributed by atoms with Crippen molar-refractivity contribution >= 4 is 11.9 Å². The molecule has 1 aromatic carbocycles. The molecular formula is C19H23N5O2. The highest BCUT2D eigenvalue weighted by atomic mass is 16.5. The van der Waals surface area contributed by atoms with Crippen LogP contribution >= 0.6 is 0 Å². The molecule has 1 atom stereocenters. The molecule has 0 radical (unpaired) electrons. The lowest BCUT2D eigenvalue weighted by Gasteiger charge is -2.29. The van der Waals surface area contributed by atoms with Gasteiger partial charge in [-0.3, -0.25) is 0 Å². The molecule has 2 aliphatic rings. The molecule has 26 heavy (non-hydrogen) atoms. The molecule has 0 amide bonds. The minimum Gasteiger partial charge on any atom is -0.459 e. The van der Waals surface area contributed by atoms with Crippen molar-refractivity contribution in [3.05, 3.63) is 46.7 Å². The van der Waals surface area contributed by atoms with E-state index in [0.717, 1.165) is 42.5 Å². The fourth-order valence-corrected chi connectivity index (χ4v) is 3.73. The number of carbonyl (C=O) groups is 1. The number of fused-ring (bicyclic) bond motifs is 1. The number of nitrogens with one attached hydrogen (secondary N) is 1. The summed E-state index contributed by atoms with van der Waals surface area (Å²) in [4.78, 5) is 13.1. The Morgan fingerprint density at radius 2 is 1.88 bits per heavy atom. The summed E-state index contributed by atoms with van der Waals surface area (Å²) in [6, 6.07) is 7.69. The lowest BCUT2D eigenvalue weighted by Crippen LogP contribution is -2.32. The van der Waals surface area contributed by atoms with Gasteiger partial charge in [-0.15, -0.1) is 0 Å². The largest absolute Gasteiger partial charge is 0.459 e. The number of hydrogen-bond donors (Lipinski definition) is 1. The Labute approximate surface area is 152 Å². The Balaban J connectivity index is 1.69. The van der Waals surface area contributed by atoms with Crippen LogP contribution in [0, 0.1) is 6.92 Å². The van der Waals surface area contributed by atoms with Crippen LogP contribution < -0.4 is 5.32 Å². The molecule has 4 rings (SSSR count). The number of allylic oxidation sites excluding steroid dienone is 1. The van der Waals surface area contributed by atoms with Gasteiger partial charge in [-0.05, 0) is 55.5 Å². The minimum atomic E-state index is -0.391. The highest BCUT2D eigenvalue weighted by molar-refractivity contribution is 5.92. The van der Waals surface area contributed by atoms with Gasteiger partial charge in [0.05, 0.1) is 5.57 Å². The van der Waals surface area contributed by atoms with E-state index in [1.54, 1.807) is 4.68 Å². The van der Waals surface area contributed by atoms with Crippen LogP contribution in [-0.4, -0.2) is 32.3 Å². The van der Waals surface area contributed by atoms with E-state index >= 15 is 0 Å². The van der Waals surface area contributed by atoms with Crippen molar-refractivity contribution < 1.29 is 9.53 Å². The van der Waals surface area contributed by atoms with Crippen molar-refractivity contribution in [3.8, 4) is 0 Å². The van der Waals surface area contributed by atoms with Crippen LogP contribution in [0.5, 0.6) is 0 Å². The topological polar surface area (TPSA) is 81.9 Å². The number of benzene rings is 1. The maximum atomic E-state index is 13.1. The van der Waals surface area contributed by atoms with E-state index in [-0.39, 0.29) is 12.1 Å². The van der Waals surface area contributed by atoms with Gasteiger partial charge in [-0.1, -0.05) is 41.3 Å². The van der Waals surface area contributed by atoms with Crippen LogP contribution in [0.15, 0.2) is 35.5 Å². The molecule has 1 fully saturated rings. The summed E-state index contributed by atoms with van der Waals surface area (Å²) in [6.45, 7) is 3.91. The first-order chi connectivity index (χ1) is 12.6. The number of anilines is 1. The summed E-state index contributed by atoms with van der Waals surface area (Å²) in [5, 5.41) is 15.0. The second kappa shape index (κ2) is 6.90. The summed E-state index contributed by atoms with van der Waals surface area (Å²) in [5.74, 6) is 0.246. The molecule has 2 aromatic rings. The summed E-state index contributed by atoms with van der Waals surface area (Å²) >= 11 is 0. The van der Waals surface area contributed by atoms with Gasteiger partial charge >= 0.3 is 5.97 Å². The van der Waals surface area contributed by atoms with Crippen molar-refractivity contribution in [2.45, 2.75) is 58.1 Å². The van der Waals surface area contributed by atoms with Gasteiger partial charge in [0, 0.05) is 5.70 Å². The average Bonchev–Trinajstić information content (AvgIpc) is 3.10. The summed E-state index contributed by atoms with van der Waals surface area (Å²) in [6.07, 6.45) is 5.34. The molecule has 1 saturated carbocycles. The van der Waals surface area contributed by atoms with Crippen molar-refractivity contribution in [3.63, 3.8) is 0 Å². The second-order valence-electron chi connectivity index (χ2n) is 7.09. The zero-order valence-electron chi connectivity index (χ0n) is 15.1. The Morgan fingerprint density at radius 1 is 1.15 bits per heavy atom. The molecule has 0 spiro atoms. The van der Waals surface area contributed by atoms with E-state index in [4.69, 9.17) is 4.74 Å². The number of hydrogen-bond acceptors (Lipinski definition) is 6. The predicted octanol–water partition coefficient (Wildman–Crippen LogP) is 3.15. The van der Waals surface area contributed by atoms with Crippen molar-refractivity contribution in [2.24, 2.45) is 0 Å². The van der Waals surface area contributed by atoms with E-state index < -0.39 is 6.04 Å². The fraction of sp³-hybridized carbons (Fsp3) is 0.474. The lowest BCUT2D eigenvalue weighted by atomic mass is 9.94. The van der Waals surface area contributed by atoms with E-state index in [1.807, 2.05) is 38.1 Å². The van der Waals surface area contributed by atoms with Gasteiger partial charge in [-0.2, -0.15) is 4.68 Å². The lowest BCUT2D eigenvalue weighted by molar-refractivity contribution is -0.146. The Kier molecular flexibility index (Phi) is 4.44. The third-order valence-corrected chi connectivity index (χ3v) is 5.15. The number of aryl methyl sites for hydroxylation is 1. The molecule has 0 saturated heterocycles. The number of ether oxygens (including phenoxy) is 1. The summed E-state index contributed by atoms with van der Waals surface area (Å²) in [7, 11) is 0. The van der Waals surface area contributed by atoms with Crippen LogP contribution in [0.3, 0.4) is 0 Å². The van der Waals surface area contributed by atoms with E-state index in [2.05, 4.69) is 20.8 Å². The molecule has 1 aliphatic carbocycles. The number of carbonyl (C=O) groups excluding carboxylic acids is 1. The first kappa shape index (κ1) is 16.8. The fourth-order valence-electron chi connectivity index (χ4n) is 3.73. The first-order valence-electron chi connectivity index (χ1n) is 9.16. The molecule has 2 heterocycles. The Morgan fingerprint density at radius 3 is 2.62 bits per heavy atom. The van der Waals surface area contributed by atoms with E-state index in [0.29, 0.717) is 11.5 Å². The molecule has 7 nitrogen and oxygen atoms in total. The normalized spacial score (nSPS) is 20.5. The van der Waals surface area contributed by atoms with Crippen LogP contribution in [0.25, 0.3) is 0 Å². The standard InChI is InChI=1S/C19H23N5O2/c1-12-8-10-14(11-9-12)17-16(13(2)20-19-21-22-23-24(17)19)18(25)26-15-6-4-3-5-7-15/h8-11,15,17H,3-7H2,1-2H3,(H,20,21,23). The zero-order chi connectivity index (χ0) is 18.1. The van der Waals surface area contributed by atoms with Crippen LogP contribution in [0.4, 0.5) is 5.95 Å². The molecule has 1 N–H and O–H groups in total. The predicted molar refractivity (Wildman–Crippen MR) is 96.4 cm³/mol. The second-order valence-corrected chi connectivity index (χ2v) is 7.09. The molecule has 1 unspecified atom stereocenters. The molecular weight excluding hydrogens is 330 g/mol. The SMILES string of the molecule is CC1=C(C(=O)OC2CCCCC2)C(c2ccc(C)cc2)n2nnnc2N1.